The van der Waals surface area contributed by atoms with Gasteiger partial charge in [-0.05, 0) is 6.07 Å². The van der Waals surface area contributed by atoms with E-state index < -0.39 is 5.41 Å². The van der Waals surface area contributed by atoms with E-state index in [1.165, 1.54) is 30.1 Å². The van der Waals surface area contributed by atoms with E-state index in [9.17, 15) is 14.7 Å². The molecule has 0 radical (unpaired) electrons. The van der Waals surface area contributed by atoms with Crippen LogP contribution in [-0.4, -0.2) is 27.6 Å². The normalized spacial score (nSPS) is 11.6. The molecule has 21 heavy (non-hydrogen) atoms. The molecule has 0 aliphatic rings. The molecule has 112 valence electrons. The largest absolute Gasteiger partial charge is 0.504 e. The topological polar surface area (TPSA) is 81.4 Å². The van der Waals surface area contributed by atoms with Gasteiger partial charge >= 0.3 is 0 Å². The fourth-order valence-corrected chi connectivity index (χ4v) is 1.84. The van der Waals surface area contributed by atoms with Gasteiger partial charge in [0.15, 0.2) is 17.3 Å². The molecular formula is C15H18N2O4. The lowest BCUT2D eigenvalue weighted by molar-refractivity contribution is -0.126. The maximum Gasteiger partial charge on any atom is 0.261 e. The van der Waals surface area contributed by atoms with Crippen LogP contribution in [0, 0.1) is 5.41 Å². The van der Waals surface area contributed by atoms with Crippen molar-refractivity contribution in [2.75, 3.05) is 7.11 Å². The van der Waals surface area contributed by atoms with Gasteiger partial charge in [-0.25, -0.2) is 4.98 Å². The Morgan fingerprint density at radius 3 is 2.62 bits per heavy atom. The summed E-state index contributed by atoms with van der Waals surface area (Å²) in [6, 6.07) is 2.80. The Bertz CT molecular complexity index is 757. The van der Waals surface area contributed by atoms with Crippen LogP contribution in [0.25, 0.3) is 10.9 Å². The average molecular weight is 290 g/mol. The van der Waals surface area contributed by atoms with Gasteiger partial charge in [0.05, 0.1) is 30.9 Å². The molecule has 0 fully saturated rings. The quantitative estimate of drug-likeness (QED) is 0.931. The first-order valence-electron chi connectivity index (χ1n) is 6.53. The number of ketones is 1. The van der Waals surface area contributed by atoms with Crippen LogP contribution < -0.4 is 10.3 Å². The summed E-state index contributed by atoms with van der Waals surface area (Å²) in [5.74, 6) is 0.0539. The van der Waals surface area contributed by atoms with Crippen molar-refractivity contribution in [2.45, 2.75) is 27.3 Å². The third kappa shape index (κ3) is 2.89. The summed E-state index contributed by atoms with van der Waals surface area (Å²) in [7, 11) is 1.40. The number of methoxy groups -OCH3 is 1. The van der Waals surface area contributed by atoms with E-state index in [1.54, 1.807) is 20.8 Å². The number of aromatic nitrogens is 2. The smallest absolute Gasteiger partial charge is 0.261 e. The molecule has 1 aromatic heterocycles. The molecule has 0 unspecified atom stereocenters. The molecule has 0 bridgehead atoms. The zero-order valence-electron chi connectivity index (χ0n) is 12.5. The number of benzene rings is 1. The highest BCUT2D eigenvalue weighted by molar-refractivity contribution is 5.84. The molecule has 6 nitrogen and oxygen atoms in total. The SMILES string of the molecule is COc1cc2c(=O)n(CC(=O)C(C)(C)C)cnc2cc1O. The van der Waals surface area contributed by atoms with Crippen LogP contribution in [0.2, 0.25) is 0 Å². The molecule has 1 aromatic carbocycles. The second-order valence-corrected chi connectivity index (χ2v) is 5.89. The lowest BCUT2D eigenvalue weighted by Crippen LogP contribution is -2.30. The highest BCUT2D eigenvalue weighted by Crippen LogP contribution is 2.28. The maximum absolute atomic E-state index is 12.4. The predicted octanol–water partition coefficient (Wildman–Crippen LogP) is 1.73. The number of ether oxygens (including phenoxy) is 1. The molecule has 1 N–H and O–H groups in total. The van der Waals surface area contributed by atoms with Crippen molar-refractivity contribution in [2.24, 2.45) is 5.41 Å². The van der Waals surface area contributed by atoms with Crippen molar-refractivity contribution in [1.29, 1.82) is 0 Å². The van der Waals surface area contributed by atoms with Crippen LogP contribution in [0.1, 0.15) is 20.8 Å². The number of aromatic hydroxyl groups is 1. The standard InChI is InChI=1S/C15H18N2O4/c1-15(2,3)13(19)7-17-8-16-10-6-11(18)12(21-4)5-9(10)14(17)20/h5-6,8,18H,7H2,1-4H3. The van der Waals surface area contributed by atoms with Gasteiger partial charge in [-0.15, -0.1) is 0 Å². The molecule has 0 aliphatic heterocycles. The number of hydrogen-bond acceptors (Lipinski definition) is 5. The Labute approximate surface area is 122 Å². The van der Waals surface area contributed by atoms with Gasteiger partial charge < -0.3 is 9.84 Å². The Morgan fingerprint density at radius 1 is 1.38 bits per heavy atom. The number of carbonyl (C=O) groups is 1. The van der Waals surface area contributed by atoms with Crippen molar-refractivity contribution in [3.63, 3.8) is 0 Å². The van der Waals surface area contributed by atoms with Crippen molar-refractivity contribution < 1.29 is 14.6 Å². The van der Waals surface area contributed by atoms with Gasteiger partial charge in [0.2, 0.25) is 0 Å². The van der Waals surface area contributed by atoms with E-state index in [0.29, 0.717) is 10.9 Å². The van der Waals surface area contributed by atoms with Crippen LogP contribution in [0.15, 0.2) is 23.3 Å². The van der Waals surface area contributed by atoms with E-state index in [2.05, 4.69) is 4.98 Å². The summed E-state index contributed by atoms with van der Waals surface area (Å²) in [6.07, 6.45) is 1.32. The first kappa shape index (κ1) is 15.0. The molecule has 2 aromatic rings. The van der Waals surface area contributed by atoms with Crippen LogP contribution in [-0.2, 0) is 11.3 Å². The van der Waals surface area contributed by atoms with Crippen molar-refractivity contribution in [3.8, 4) is 11.5 Å². The van der Waals surface area contributed by atoms with Gasteiger partial charge in [0, 0.05) is 11.5 Å². The summed E-state index contributed by atoms with van der Waals surface area (Å²) < 4.78 is 6.26. The van der Waals surface area contributed by atoms with Crippen LogP contribution in [0.5, 0.6) is 11.5 Å². The molecule has 0 spiro atoms. The number of fused-ring (bicyclic) bond motifs is 1. The average Bonchev–Trinajstić information content (AvgIpc) is 2.40. The zero-order chi connectivity index (χ0) is 15.8. The molecule has 0 atom stereocenters. The van der Waals surface area contributed by atoms with E-state index >= 15 is 0 Å². The number of phenols is 1. The Hall–Kier alpha value is -2.37. The number of rotatable bonds is 3. The number of Topliss-reactive ketones (excluding diaryl/α,β-unsaturated/α-hetero) is 1. The number of nitrogens with zero attached hydrogens (tertiary/aromatic N) is 2. The number of hydrogen-bond donors (Lipinski definition) is 1. The summed E-state index contributed by atoms with van der Waals surface area (Å²) in [4.78, 5) is 28.6. The molecule has 0 amide bonds. The molecule has 6 heteroatoms. The molecular weight excluding hydrogens is 272 g/mol. The second-order valence-electron chi connectivity index (χ2n) is 5.89. The maximum atomic E-state index is 12.4. The van der Waals surface area contributed by atoms with Crippen LogP contribution in [0.3, 0.4) is 0 Å². The minimum absolute atomic E-state index is 0.0333. The highest BCUT2D eigenvalue weighted by Gasteiger charge is 2.22. The summed E-state index contributed by atoms with van der Waals surface area (Å²) >= 11 is 0. The number of phenolic OH excluding ortho intramolecular Hbond substituents is 1. The van der Waals surface area contributed by atoms with Gasteiger partial charge in [-0.3, -0.25) is 14.2 Å². The first-order valence-corrected chi connectivity index (χ1v) is 6.53. The van der Waals surface area contributed by atoms with Crippen LogP contribution >= 0.6 is 0 Å². The Kier molecular flexibility index (Phi) is 3.72. The minimum Gasteiger partial charge on any atom is -0.504 e. The second kappa shape index (κ2) is 5.20. The molecule has 0 aliphatic carbocycles. The lowest BCUT2D eigenvalue weighted by Gasteiger charge is -2.17. The zero-order valence-corrected chi connectivity index (χ0v) is 12.5. The van der Waals surface area contributed by atoms with E-state index in [1.807, 2.05) is 0 Å². The van der Waals surface area contributed by atoms with Crippen molar-refractivity contribution >= 4 is 16.7 Å². The third-order valence-corrected chi connectivity index (χ3v) is 3.28. The predicted molar refractivity (Wildman–Crippen MR) is 78.7 cm³/mol. The summed E-state index contributed by atoms with van der Waals surface area (Å²) in [5.41, 5.74) is -0.505. The molecule has 0 saturated carbocycles. The van der Waals surface area contributed by atoms with Crippen molar-refractivity contribution in [3.05, 3.63) is 28.8 Å². The van der Waals surface area contributed by atoms with E-state index in [0.717, 1.165) is 0 Å². The van der Waals surface area contributed by atoms with E-state index in [4.69, 9.17) is 4.74 Å². The number of carbonyl (C=O) groups excluding carboxylic acids is 1. The Morgan fingerprint density at radius 2 is 2.05 bits per heavy atom. The fourth-order valence-electron chi connectivity index (χ4n) is 1.84. The first-order chi connectivity index (χ1) is 9.74. The van der Waals surface area contributed by atoms with Gasteiger partial charge in [-0.1, -0.05) is 20.8 Å². The third-order valence-electron chi connectivity index (χ3n) is 3.28. The monoisotopic (exact) mass is 290 g/mol. The lowest BCUT2D eigenvalue weighted by atomic mass is 9.91. The highest BCUT2D eigenvalue weighted by atomic mass is 16.5. The summed E-state index contributed by atoms with van der Waals surface area (Å²) in [5, 5.41) is 9.99. The van der Waals surface area contributed by atoms with Gasteiger partial charge in [-0.2, -0.15) is 0 Å². The van der Waals surface area contributed by atoms with Crippen LogP contribution in [0.4, 0.5) is 0 Å². The molecule has 2 rings (SSSR count). The van der Waals surface area contributed by atoms with Gasteiger partial charge in [0.25, 0.3) is 5.56 Å². The minimum atomic E-state index is -0.527. The fraction of sp³-hybridized carbons (Fsp3) is 0.400. The van der Waals surface area contributed by atoms with Gasteiger partial charge in [0.1, 0.15) is 0 Å². The molecule has 1 heterocycles. The van der Waals surface area contributed by atoms with E-state index in [-0.39, 0.29) is 29.4 Å². The summed E-state index contributed by atoms with van der Waals surface area (Å²) in [6.45, 7) is 5.37. The van der Waals surface area contributed by atoms with Crippen molar-refractivity contribution in [1.82, 2.24) is 9.55 Å². The Balaban J connectivity index is 2.54. The molecule has 0 saturated heterocycles.